The predicted octanol–water partition coefficient (Wildman–Crippen LogP) is 1.98. The molecule has 1 amide bonds. The number of hydrogen-bond donors (Lipinski definition) is 2. The topological polar surface area (TPSA) is 58.4 Å². The Labute approximate surface area is 116 Å². The minimum atomic E-state index is -0.250. The van der Waals surface area contributed by atoms with Gasteiger partial charge in [-0.15, -0.1) is 11.3 Å². The molecule has 0 saturated carbocycles. The third kappa shape index (κ3) is 3.64. The summed E-state index contributed by atoms with van der Waals surface area (Å²) in [6, 6.07) is 11.7. The Bertz CT molecular complexity index is 539. The number of benzene rings is 1. The summed E-state index contributed by atoms with van der Waals surface area (Å²) in [5.74, 6) is 4.95. The van der Waals surface area contributed by atoms with Crippen molar-refractivity contribution in [2.24, 2.45) is 5.84 Å². The van der Waals surface area contributed by atoms with Gasteiger partial charge in [0.15, 0.2) is 0 Å². The lowest BCUT2D eigenvalue weighted by molar-refractivity contribution is 0.0952. The van der Waals surface area contributed by atoms with E-state index in [0.717, 1.165) is 12.1 Å². The Hall–Kier alpha value is -1.69. The van der Waals surface area contributed by atoms with Crippen LogP contribution in [0.4, 0.5) is 0 Å². The van der Waals surface area contributed by atoms with E-state index in [9.17, 15) is 4.79 Å². The third-order valence-electron chi connectivity index (χ3n) is 2.84. The molecule has 2 aromatic rings. The molecule has 3 N–H and O–H groups in total. The van der Waals surface area contributed by atoms with Crippen molar-refractivity contribution in [1.82, 2.24) is 10.3 Å². The minimum Gasteiger partial charge on any atom is -0.297 e. The average Bonchev–Trinajstić information content (AvgIpc) is 2.91. The van der Waals surface area contributed by atoms with Crippen molar-refractivity contribution in [3.05, 3.63) is 57.8 Å². The van der Waals surface area contributed by atoms with E-state index in [1.165, 1.54) is 4.88 Å². The van der Waals surface area contributed by atoms with Gasteiger partial charge in [0.05, 0.1) is 0 Å². The molecule has 0 fully saturated rings. The van der Waals surface area contributed by atoms with E-state index in [4.69, 9.17) is 5.84 Å². The van der Waals surface area contributed by atoms with Crippen molar-refractivity contribution in [2.75, 3.05) is 7.05 Å². The molecule has 1 heterocycles. The van der Waals surface area contributed by atoms with Crippen LogP contribution < -0.4 is 11.3 Å². The van der Waals surface area contributed by atoms with Crippen LogP contribution in [-0.2, 0) is 13.1 Å². The summed E-state index contributed by atoms with van der Waals surface area (Å²) in [7, 11) is 2.04. The lowest BCUT2D eigenvalue weighted by Crippen LogP contribution is -2.31. The summed E-state index contributed by atoms with van der Waals surface area (Å²) in [5, 5.41) is 2.07. The van der Waals surface area contributed by atoms with Crippen molar-refractivity contribution >= 4 is 17.2 Å². The molecule has 0 unspecified atom stereocenters. The van der Waals surface area contributed by atoms with Gasteiger partial charge in [0.2, 0.25) is 0 Å². The number of hydrogen-bond acceptors (Lipinski definition) is 4. The Morgan fingerprint density at radius 1 is 1.26 bits per heavy atom. The molecule has 0 bridgehead atoms. The summed E-state index contributed by atoms with van der Waals surface area (Å²) in [6.45, 7) is 1.58. The van der Waals surface area contributed by atoms with Gasteiger partial charge in [-0.2, -0.15) is 0 Å². The van der Waals surface area contributed by atoms with Crippen molar-refractivity contribution in [3.8, 4) is 0 Å². The SMILES string of the molecule is CN(Cc1cccs1)Cc1ccccc1C(=O)NN. The molecule has 100 valence electrons. The number of nitrogen functional groups attached to an aromatic ring is 1. The van der Waals surface area contributed by atoms with Gasteiger partial charge in [0.1, 0.15) is 0 Å². The summed E-state index contributed by atoms with van der Waals surface area (Å²) in [4.78, 5) is 15.2. The lowest BCUT2D eigenvalue weighted by atomic mass is 10.1. The summed E-state index contributed by atoms with van der Waals surface area (Å²) in [6.07, 6.45) is 0. The maximum Gasteiger partial charge on any atom is 0.265 e. The quantitative estimate of drug-likeness (QED) is 0.498. The zero-order chi connectivity index (χ0) is 13.7. The van der Waals surface area contributed by atoms with Gasteiger partial charge in [0, 0.05) is 23.5 Å². The monoisotopic (exact) mass is 275 g/mol. The van der Waals surface area contributed by atoms with Gasteiger partial charge in [-0.3, -0.25) is 15.1 Å². The summed E-state index contributed by atoms with van der Waals surface area (Å²) >= 11 is 1.74. The molecular formula is C14H17N3OS. The van der Waals surface area contributed by atoms with Gasteiger partial charge in [-0.1, -0.05) is 24.3 Å². The molecule has 1 aromatic carbocycles. The molecule has 19 heavy (non-hydrogen) atoms. The fourth-order valence-electron chi connectivity index (χ4n) is 1.97. The van der Waals surface area contributed by atoms with Crippen LogP contribution in [0.1, 0.15) is 20.8 Å². The van der Waals surface area contributed by atoms with Crippen LogP contribution in [0.25, 0.3) is 0 Å². The van der Waals surface area contributed by atoms with Crippen molar-refractivity contribution < 1.29 is 4.79 Å². The van der Waals surface area contributed by atoms with Crippen molar-refractivity contribution in [1.29, 1.82) is 0 Å². The van der Waals surface area contributed by atoms with Crippen LogP contribution in [0.3, 0.4) is 0 Å². The molecule has 0 aliphatic rings. The Morgan fingerprint density at radius 3 is 2.74 bits per heavy atom. The van der Waals surface area contributed by atoms with E-state index in [1.807, 2.05) is 31.3 Å². The van der Waals surface area contributed by atoms with Crippen molar-refractivity contribution in [2.45, 2.75) is 13.1 Å². The lowest BCUT2D eigenvalue weighted by Gasteiger charge is -2.17. The number of amides is 1. The highest BCUT2D eigenvalue weighted by atomic mass is 32.1. The predicted molar refractivity (Wildman–Crippen MR) is 77.6 cm³/mol. The zero-order valence-corrected chi connectivity index (χ0v) is 11.6. The highest BCUT2D eigenvalue weighted by Crippen LogP contribution is 2.15. The average molecular weight is 275 g/mol. The van der Waals surface area contributed by atoms with E-state index < -0.39 is 0 Å². The number of rotatable bonds is 5. The maximum absolute atomic E-state index is 11.7. The highest BCUT2D eigenvalue weighted by Gasteiger charge is 2.11. The van der Waals surface area contributed by atoms with Gasteiger partial charge >= 0.3 is 0 Å². The first-order valence-electron chi connectivity index (χ1n) is 6.00. The smallest absolute Gasteiger partial charge is 0.265 e. The molecule has 1 aromatic heterocycles. The first-order valence-corrected chi connectivity index (χ1v) is 6.88. The van der Waals surface area contributed by atoms with E-state index in [2.05, 4.69) is 21.8 Å². The summed E-state index contributed by atoms with van der Waals surface area (Å²) < 4.78 is 0. The number of nitrogens with two attached hydrogens (primary N) is 1. The molecule has 2 rings (SSSR count). The molecule has 0 saturated heterocycles. The van der Waals surface area contributed by atoms with Crippen LogP contribution in [0.5, 0.6) is 0 Å². The second kappa shape index (κ2) is 6.47. The van der Waals surface area contributed by atoms with Gasteiger partial charge in [-0.25, -0.2) is 5.84 Å². The number of carbonyl (C=O) groups excluding carboxylic acids is 1. The minimum absolute atomic E-state index is 0.250. The third-order valence-corrected chi connectivity index (χ3v) is 3.70. The second-order valence-electron chi connectivity index (χ2n) is 4.38. The first-order chi connectivity index (χ1) is 9.20. The van der Waals surface area contributed by atoms with Crippen LogP contribution in [0.15, 0.2) is 41.8 Å². The van der Waals surface area contributed by atoms with Crippen LogP contribution in [-0.4, -0.2) is 17.9 Å². The standard InChI is InChI=1S/C14H17N3OS/c1-17(10-12-6-4-8-19-12)9-11-5-2-3-7-13(11)14(18)16-15/h2-8H,9-10,15H2,1H3,(H,16,18). The normalized spacial score (nSPS) is 10.7. The van der Waals surface area contributed by atoms with E-state index in [0.29, 0.717) is 12.1 Å². The summed E-state index contributed by atoms with van der Waals surface area (Å²) in [5.41, 5.74) is 3.79. The second-order valence-corrected chi connectivity index (χ2v) is 5.41. The molecule has 0 aliphatic carbocycles. The van der Waals surface area contributed by atoms with Gasteiger partial charge in [0.25, 0.3) is 5.91 Å². The molecular weight excluding hydrogens is 258 g/mol. The first kappa shape index (κ1) is 13.7. The molecule has 5 heteroatoms. The Balaban J connectivity index is 2.08. The van der Waals surface area contributed by atoms with E-state index in [-0.39, 0.29) is 5.91 Å². The molecule has 0 atom stereocenters. The zero-order valence-electron chi connectivity index (χ0n) is 10.8. The number of nitrogens with zero attached hydrogens (tertiary/aromatic N) is 1. The Morgan fingerprint density at radius 2 is 2.05 bits per heavy atom. The van der Waals surface area contributed by atoms with Gasteiger partial charge < -0.3 is 0 Å². The van der Waals surface area contributed by atoms with Crippen LogP contribution in [0, 0.1) is 0 Å². The number of carbonyl (C=O) groups is 1. The molecule has 4 nitrogen and oxygen atoms in total. The van der Waals surface area contributed by atoms with E-state index in [1.54, 1.807) is 17.4 Å². The molecule has 0 aliphatic heterocycles. The van der Waals surface area contributed by atoms with Crippen LogP contribution in [0.2, 0.25) is 0 Å². The highest BCUT2D eigenvalue weighted by molar-refractivity contribution is 7.09. The van der Waals surface area contributed by atoms with Crippen molar-refractivity contribution in [3.63, 3.8) is 0 Å². The maximum atomic E-state index is 11.7. The molecule has 0 spiro atoms. The van der Waals surface area contributed by atoms with E-state index >= 15 is 0 Å². The fraction of sp³-hybridized carbons (Fsp3) is 0.214. The number of thiophene rings is 1. The Kier molecular flexibility index (Phi) is 4.68. The number of nitrogens with one attached hydrogen (secondary N) is 1. The number of hydrazine groups is 1. The fourth-order valence-corrected chi connectivity index (χ4v) is 2.76. The van der Waals surface area contributed by atoms with Crippen LogP contribution >= 0.6 is 11.3 Å². The van der Waals surface area contributed by atoms with Gasteiger partial charge in [-0.05, 0) is 30.1 Å². The largest absolute Gasteiger partial charge is 0.297 e. The molecule has 0 radical (unpaired) electrons.